The van der Waals surface area contributed by atoms with E-state index in [1.54, 1.807) is 0 Å². The number of nitrogens with zero attached hydrogens (tertiary/aromatic N) is 3. The van der Waals surface area contributed by atoms with Gasteiger partial charge in [-0.2, -0.15) is 0 Å². The van der Waals surface area contributed by atoms with Crippen LogP contribution in [0.25, 0.3) is 10.4 Å². The number of aromatic hydroxyl groups is 2. The third-order valence-electron chi connectivity index (χ3n) is 9.86. The number of Topliss-reactive ketones (excluding diaryl/α,β-unsaturated/α-hetero) is 1. The second-order valence-corrected chi connectivity index (χ2v) is 13.5. The van der Waals surface area contributed by atoms with Crippen LogP contribution in [0.3, 0.4) is 0 Å². The Kier molecular flexibility index (Phi) is 14.9. The van der Waals surface area contributed by atoms with Crippen molar-refractivity contribution in [1.29, 1.82) is 0 Å². The van der Waals surface area contributed by atoms with Gasteiger partial charge in [0.25, 0.3) is 0 Å². The van der Waals surface area contributed by atoms with Gasteiger partial charge in [0.2, 0.25) is 11.7 Å². The zero-order chi connectivity index (χ0) is 41.3. The van der Waals surface area contributed by atoms with Crippen LogP contribution in [0.15, 0.2) is 23.3 Å². The second kappa shape index (κ2) is 19.6. The van der Waals surface area contributed by atoms with Crippen LogP contribution >= 0.6 is 0 Å². The van der Waals surface area contributed by atoms with Gasteiger partial charge in [-0.15, -0.1) is 0 Å². The molecular formula is C37H46N4O16. The number of phenols is 2. The van der Waals surface area contributed by atoms with Crippen molar-refractivity contribution < 1.29 is 77.9 Å². The van der Waals surface area contributed by atoms with Crippen LogP contribution in [0.1, 0.15) is 68.8 Å². The van der Waals surface area contributed by atoms with Gasteiger partial charge in [0, 0.05) is 47.4 Å². The van der Waals surface area contributed by atoms with Gasteiger partial charge in [-0.1, -0.05) is 17.2 Å². The Morgan fingerprint density at radius 1 is 0.982 bits per heavy atom. The number of rotatable bonds is 20. The number of phenolic OH excluding ortho intramolecular Hbond substituents is 2. The molecule has 57 heavy (non-hydrogen) atoms. The van der Waals surface area contributed by atoms with Crippen LogP contribution < -0.4 is 10.1 Å². The lowest BCUT2D eigenvalue weighted by Crippen LogP contribution is -2.56. The van der Waals surface area contributed by atoms with Crippen LogP contribution in [0.2, 0.25) is 0 Å². The van der Waals surface area contributed by atoms with Crippen molar-refractivity contribution in [3.63, 3.8) is 0 Å². The third kappa shape index (κ3) is 9.70. The van der Waals surface area contributed by atoms with E-state index in [0.717, 1.165) is 0 Å². The Balaban J connectivity index is 1.23. The van der Waals surface area contributed by atoms with Crippen molar-refractivity contribution in [3.8, 4) is 17.2 Å². The number of nitrogens with one attached hydrogen (secondary N) is 1. The maximum atomic E-state index is 13.9. The molecule has 6 atom stereocenters. The fourth-order valence-electron chi connectivity index (χ4n) is 7.08. The number of benzene rings is 2. The minimum atomic E-state index is -2.35. The molecule has 0 saturated carbocycles. The molecule has 0 spiro atoms. The van der Waals surface area contributed by atoms with E-state index in [2.05, 4.69) is 15.3 Å². The quantitative estimate of drug-likeness (QED) is 0.0299. The summed E-state index contributed by atoms with van der Waals surface area (Å²) in [6.07, 6.45) is -6.25. The summed E-state index contributed by atoms with van der Waals surface area (Å²) >= 11 is 0. The van der Waals surface area contributed by atoms with Crippen molar-refractivity contribution in [2.75, 3.05) is 73.1 Å². The number of carbonyl (C=O) groups is 4. The van der Waals surface area contributed by atoms with Gasteiger partial charge in [-0.05, 0) is 18.5 Å². The minimum Gasteiger partial charge on any atom is -0.507 e. The number of hydrogen-bond donors (Lipinski definition) is 6. The Hall–Kier alpha value is -4.73. The first-order valence-electron chi connectivity index (χ1n) is 18.2. The zero-order valence-electron chi connectivity index (χ0n) is 31.4. The van der Waals surface area contributed by atoms with Crippen LogP contribution in [-0.4, -0.2) is 152 Å². The molecular weight excluding hydrogens is 756 g/mol. The third-order valence-corrected chi connectivity index (χ3v) is 9.86. The highest BCUT2D eigenvalue weighted by atomic mass is 16.7. The number of aliphatic hydroxyl groups excluding tert-OH is 2. The molecule has 1 aliphatic heterocycles. The number of azide groups is 1. The Bertz CT molecular complexity index is 1870. The number of ketones is 3. The Morgan fingerprint density at radius 2 is 1.63 bits per heavy atom. The molecule has 1 fully saturated rings. The first-order chi connectivity index (χ1) is 27.4. The lowest BCUT2D eigenvalue weighted by atomic mass is 9.72. The SMILES string of the molecule is COc1cccc2c1C(=O)c1c(O)c3c(c(O)c1C2=O)C[C@@](O)(C(=O)CO)C[C@@H]3O[C@H]1C[C@H](NC(=O)COCCOCCOCCOCCN=[N+]=[N-])[C@H](O)[C@H](C)O1. The van der Waals surface area contributed by atoms with Crippen molar-refractivity contribution in [2.24, 2.45) is 5.11 Å². The summed E-state index contributed by atoms with van der Waals surface area (Å²) in [5.74, 6) is -4.69. The van der Waals surface area contributed by atoms with Crippen molar-refractivity contribution in [2.45, 2.75) is 62.4 Å². The van der Waals surface area contributed by atoms with Gasteiger partial charge in [0.1, 0.15) is 42.2 Å². The van der Waals surface area contributed by atoms with E-state index in [0.29, 0.717) is 26.4 Å². The topological polar surface area (TPSA) is 295 Å². The van der Waals surface area contributed by atoms with Crippen LogP contribution in [0, 0.1) is 0 Å². The fourth-order valence-corrected chi connectivity index (χ4v) is 7.08. The van der Waals surface area contributed by atoms with E-state index in [4.69, 9.17) is 38.7 Å². The number of hydrogen-bond acceptors (Lipinski definition) is 17. The monoisotopic (exact) mass is 802 g/mol. The molecule has 0 bridgehead atoms. The average Bonchev–Trinajstić information content (AvgIpc) is 3.19. The Labute approximate surface area is 326 Å². The minimum absolute atomic E-state index is 0.0556. The summed E-state index contributed by atoms with van der Waals surface area (Å²) in [6.45, 7) is 2.10. The smallest absolute Gasteiger partial charge is 0.246 e. The molecule has 2 aromatic carbocycles. The first-order valence-corrected chi connectivity index (χ1v) is 18.2. The van der Waals surface area contributed by atoms with E-state index in [-0.39, 0.29) is 67.4 Å². The molecule has 0 aromatic heterocycles. The van der Waals surface area contributed by atoms with E-state index < -0.39 is 102 Å². The molecule has 20 nitrogen and oxygen atoms in total. The summed E-state index contributed by atoms with van der Waals surface area (Å²) < 4.78 is 38.8. The normalized spacial score (nSPS) is 23.8. The molecule has 6 N–H and O–H groups in total. The summed E-state index contributed by atoms with van der Waals surface area (Å²) in [7, 11) is 1.30. The number of aliphatic hydroxyl groups is 3. The number of fused-ring (bicyclic) bond motifs is 3. The van der Waals surface area contributed by atoms with Gasteiger partial charge in [-0.3, -0.25) is 19.2 Å². The highest BCUT2D eigenvalue weighted by molar-refractivity contribution is 6.31. The predicted octanol–water partition coefficient (Wildman–Crippen LogP) is 0.536. The van der Waals surface area contributed by atoms with Crippen LogP contribution in [0.4, 0.5) is 0 Å². The maximum absolute atomic E-state index is 13.9. The van der Waals surface area contributed by atoms with E-state index >= 15 is 0 Å². The summed E-state index contributed by atoms with van der Waals surface area (Å²) in [4.78, 5) is 55.9. The van der Waals surface area contributed by atoms with E-state index in [1.807, 2.05) is 0 Å². The molecule has 1 heterocycles. The molecule has 2 aliphatic carbocycles. The number of ether oxygens (including phenoxy) is 7. The van der Waals surface area contributed by atoms with Crippen molar-refractivity contribution in [1.82, 2.24) is 5.32 Å². The first kappa shape index (κ1) is 43.4. The summed E-state index contributed by atoms with van der Waals surface area (Å²) in [5, 5.41) is 61.4. The Morgan fingerprint density at radius 3 is 2.28 bits per heavy atom. The van der Waals surface area contributed by atoms with Crippen molar-refractivity contribution >= 4 is 23.3 Å². The van der Waals surface area contributed by atoms with Crippen LogP contribution in [-0.2, 0) is 44.4 Å². The van der Waals surface area contributed by atoms with Gasteiger partial charge in [0.05, 0.1) is 88.3 Å². The molecule has 1 amide bonds. The lowest BCUT2D eigenvalue weighted by molar-refractivity contribution is -0.249. The molecule has 2 aromatic rings. The summed E-state index contributed by atoms with van der Waals surface area (Å²) in [5.41, 5.74) is 4.12. The van der Waals surface area contributed by atoms with Gasteiger partial charge < -0.3 is 64.0 Å². The van der Waals surface area contributed by atoms with Gasteiger partial charge in [-0.25, -0.2) is 0 Å². The molecule has 3 aliphatic rings. The predicted molar refractivity (Wildman–Crippen MR) is 193 cm³/mol. The van der Waals surface area contributed by atoms with Crippen molar-refractivity contribution in [3.05, 3.63) is 62.0 Å². The largest absolute Gasteiger partial charge is 0.507 e. The maximum Gasteiger partial charge on any atom is 0.246 e. The molecule has 1 saturated heterocycles. The molecule has 0 radical (unpaired) electrons. The van der Waals surface area contributed by atoms with E-state index in [1.165, 1.54) is 32.2 Å². The average molecular weight is 803 g/mol. The standard InChI is InChI=1S/C37H46N4O16/c1-19-32(45)22(40-26(44)18-55-13-12-54-11-10-53-9-8-52-7-6-39-41-38)14-27(56-19)57-24-16-37(50,25(43)17-42)15-21-29(24)36(49)31-30(34(21)47)33(46)20-4-3-5-23(51-2)28(20)35(31)48/h3-5,19,22,24,27,32,42,45,47,49-50H,6-18H2,1-2H3,(H,40,44)/t19-,22-,24-,27-,32+,37-/m0/s1. The fraction of sp³-hybridized carbons (Fsp3) is 0.568. The molecule has 5 rings (SSSR count). The summed E-state index contributed by atoms with van der Waals surface area (Å²) in [6, 6.07) is 3.35. The highest BCUT2D eigenvalue weighted by Crippen LogP contribution is 2.52. The van der Waals surface area contributed by atoms with Gasteiger partial charge in [0.15, 0.2) is 17.9 Å². The molecule has 20 heteroatoms. The lowest BCUT2D eigenvalue weighted by Gasteiger charge is -2.42. The molecule has 0 unspecified atom stereocenters. The zero-order valence-corrected chi connectivity index (χ0v) is 31.4. The number of carbonyl (C=O) groups excluding carboxylic acids is 4. The highest BCUT2D eigenvalue weighted by Gasteiger charge is 2.50. The number of amides is 1. The second-order valence-electron chi connectivity index (χ2n) is 13.5. The number of methoxy groups -OCH3 is 1. The molecule has 310 valence electrons. The van der Waals surface area contributed by atoms with Gasteiger partial charge >= 0.3 is 0 Å². The van der Waals surface area contributed by atoms with E-state index in [9.17, 15) is 44.7 Å². The van der Waals surface area contributed by atoms with Crippen LogP contribution in [0.5, 0.6) is 17.2 Å².